The Morgan fingerprint density at radius 3 is 2.67 bits per heavy atom. The molecule has 0 amide bonds. The van der Waals surface area contributed by atoms with Crippen molar-refractivity contribution in [1.29, 1.82) is 0 Å². The third kappa shape index (κ3) is 3.46. The van der Waals surface area contributed by atoms with Gasteiger partial charge in [0.05, 0.1) is 11.2 Å². The lowest BCUT2D eigenvalue weighted by Gasteiger charge is -2.28. The molecule has 156 valence electrons. The fourth-order valence-electron chi connectivity index (χ4n) is 5.31. The molecule has 1 aromatic carbocycles. The Bertz CT molecular complexity index is 1030. The van der Waals surface area contributed by atoms with Crippen LogP contribution in [-0.2, 0) is 11.8 Å². The van der Waals surface area contributed by atoms with E-state index < -0.39 is 0 Å². The van der Waals surface area contributed by atoms with E-state index in [-0.39, 0.29) is 0 Å². The van der Waals surface area contributed by atoms with Crippen molar-refractivity contribution in [3.8, 4) is 11.3 Å². The van der Waals surface area contributed by atoms with Gasteiger partial charge in [-0.3, -0.25) is 4.68 Å². The number of rotatable bonds is 5. The Labute approximate surface area is 176 Å². The highest BCUT2D eigenvalue weighted by atomic mass is 16.5. The van der Waals surface area contributed by atoms with Crippen molar-refractivity contribution in [3.63, 3.8) is 0 Å². The van der Waals surface area contributed by atoms with Gasteiger partial charge in [-0.2, -0.15) is 5.10 Å². The molecular weight excluding hydrogens is 376 g/mol. The predicted octanol–water partition coefficient (Wildman–Crippen LogP) is 2.80. The summed E-state index contributed by atoms with van der Waals surface area (Å²) in [5.74, 6) is 3.24. The minimum atomic E-state index is 0.558. The number of fused-ring (bicyclic) bond motifs is 2. The third-order valence-corrected chi connectivity index (χ3v) is 7.02. The van der Waals surface area contributed by atoms with Crippen LogP contribution in [0, 0.1) is 17.8 Å². The number of hydrogen-bond donors (Lipinski definition) is 1. The van der Waals surface area contributed by atoms with Crippen molar-refractivity contribution in [2.45, 2.75) is 18.9 Å². The fourth-order valence-corrected chi connectivity index (χ4v) is 5.31. The number of ether oxygens (including phenoxy) is 1. The summed E-state index contributed by atoms with van der Waals surface area (Å²) in [4.78, 5) is 2.66. The number of likely N-dealkylation sites (tertiary alicyclic amines) is 1. The molecule has 2 aromatic heterocycles. The van der Waals surface area contributed by atoms with Gasteiger partial charge in [-0.05, 0) is 54.9 Å². The SMILES string of the molecule is Cn1cc2cc(-c3ccc(NC4C5CN(CC6CCOCC6)CC54)nn3)ccc2n1. The van der Waals surface area contributed by atoms with E-state index in [2.05, 4.69) is 49.8 Å². The molecule has 1 aliphatic carbocycles. The quantitative estimate of drug-likeness (QED) is 0.705. The number of hydrogen-bond acceptors (Lipinski definition) is 6. The Kier molecular flexibility index (Phi) is 4.46. The second-order valence-electron chi connectivity index (χ2n) is 9.15. The van der Waals surface area contributed by atoms with Gasteiger partial charge in [-0.25, -0.2) is 0 Å². The van der Waals surface area contributed by atoms with E-state index in [0.717, 1.165) is 58.9 Å². The van der Waals surface area contributed by atoms with E-state index in [4.69, 9.17) is 4.74 Å². The zero-order valence-electron chi connectivity index (χ0n) is 17.4. The number of nitrogens with one attached hydrogen (secondary N) is 1. The number of aromatic nitrogens is 4. The van der Waals surface area contributed by atoms with Crippen molar-refractivity contribution in [3.05, 3.63) is 36.5 Å². The Morgan fingerprint density at radius 1 is 1.07 bits per heavy atom. The van der Waals surface area contributed by atoms with Crippen LogP contribution in [-0.4, -0.2) is 63.8 Å². The zero-order valence-corrected chi connectivity index (χ0v) is 17.4. The number of nitrogens with zero attached hydrogens (tertiary/aromatic N) is 5. The van der Waals surface area contributed by atoms with Gasteiger partial charge in [0, 0.05) is 63.1 Å². The molecule has 3 aromatic rings. The minimum Gasteiger partial charge on any atom is -0.381 e. The molecule has 7 nitrogen and oxygen atoms in total. The van der Waals surface area contributed by atoms with E-state index in [1.807, 2.05) is 24.0 Å². The summed E-state index contributed by atoms with van der Waals surface area (Å²) in [7, 11) is 1.94. The lowest BCUT2D eigenvalue weighted by Crippen LogP contribution is -2.34. The number of piperidine rings is 1. The van der Waals surface area contributed by atoms with E-state index in [9.17, 15) is 0 Å². The molecular formula is C23H28N6O. The van der Waals surface area contributed by atoms with Gasteiger partial charge in [-0.15, -0.1) is 10.2 Å². The van der Waals surface area contributed by atoms with E-state index in [1.54, 1.807) is 0 Å². The molecule has 2 unspecified atom stereocenters. The average molecular weight is 405 g/mol. The summed E-state index contributed by atoms with van der Waals surface area (Å²) in [5, 5.41) is 18.1. The van der Waals surface area contributed by atoms with Gasteiger partial charge in [0.25, 0.3) is 0 Å². The highest BCUT2D eigenvalue weighted by molar-refractivity contribution is 5.83. The van der Waals surface area contributed by atoms with Crippen LogP contribution in [0.2, 0.25) is 0 Å². The van der Waals surface area contributed by atoms with E-state index in [0.29, 0.717) is 6.04 Å². The molecule has 2 aliphatic heterocycles. The minimum absolute atomic E-state index is 0.558. The monoisotopic (exact) mass is 404 g/mol. The van der Waals surface area contributed by atoms with Crippen LogP contribution in [0.3, 0.4) is 0 Å². The van der Waals surface area contributed by atoms with Gasteiger partial charge in [0.15, 0.2) is 0 Å². The summed E-state index contributed by atoms with van der Waals surface area (Å²) in [5.41, 5.74) is 2.96. The van der Waals surface area contributed by atoms with Gasteiger partial charge >= 0.3 is 0 Å². The van der Waals surface area contributed by atoms with Gasteiger partial charge in [0.2, 0.25) is 0 Å². The summed E-state index contributed by atoms with van der Waals surface area (Å²) < 4.78 is 7.33. The topological polar surface area (TPSA) is 68.1 Å². The van der Waals surface area contributed by atoms with Crippen LogP contribution in [0.25, 0.3) is 22.2 Å². The van der Waals surface area contributed by atoms with Crippen LogP contribution in [0.1, 0.15) is 12.8 Å². The Balaban J connectivity index is 1.05. The highest BCUT2D eigenvalue weighted by Crippen LogP contribution is 2.47. The molecule has 2 atom stereocenters. The van der Waals surface area contributed by atoms with E-state index >= 15 is 0 Å². The number of aryl methyl sites for hydroxylation is 1. The third-order valence-electron chi connectivity index (χ3n) is 7.02. The Morgan fingerprint density at radius 2 is 1.90 bits per heavy atom. The fraction of sp³-hybridized carbons (Fsp3) is 0.522. The smallest absolute Gasteiger partial charge is 0.148 e. The average Bonchev–Trinajstić information content (AvgIpc) is 3.08. The van der Waals surface area contributed by atoms with Crippen LogP contribution in [0.15, 0.2) is 36.5 Å². The maximum atomic E-state index is 5.49. The first kappa shape index (κ1) is 18.3. The van der Waals surface area contributed by atoms with Gasteiger partial charge in [0.1, 0.15) is 5.82 Å². The molecule has 2 saturated heterocycles. The summed E-state index contributed by atoms with van der Waals surface area (Å²) in [6.45, 7) is 5.58. The zero-order chi connectivity index (χ0) is 20.1. The van der Waals surface area contributed by atoms with Crippen LogP contribution in [0.4, 0.5) is 5.82 Å². The largest absolute Gasteiger partial charge is 0.381 e. The van der Waals surface area contributed by atoms with E-state index in [1.165, 1.54) is 32.5 Å². The highest BCUT2D eigenvalue weighted by Gasteiger charge is 2.55. The molecule has 3 aliphatic rings. The van der Waals surface area contributed by atoms with Crippen LogP contribution < -0.4 is 5.32 Å². The molecule has 3 fully saturated rings. The molecule has 4 heterocycles. The number of anilines is 1. The van der Waals surface area contributed by atoms with Gasteiger partial charge < -0.3 is 15.0 Å². The Hall–Kier alpha value is -2.51. The van der Waals surface area contributed by atoms with Crippen molar-refractivity contribution in [2.24, 2.45) is 24.8 Å². The van der Waals surface area contributed by atoms with Crippen LogP contribution in [0.5, 0.6) is 0 Å². The second kappa shape index (κ2) is 7.32. The molecule has 0 radical (unpaired) electrons. The molecule has 30 heavy (non-hydrogen) atoms. The summed E-state index contributed by atoms with van der Waals surface area (Å²) in [6, 6.07) is 10.9. The standard InChI is InChI=1S/C23H28N6O/c1-28-12-17-10-16(2-3-21(17)27-28)20-4-5-22(26-25-20)24-23-18-13-29(14-19(18)23)11-15-6-8-30-9-7-15/h2-5,10,12,15,18-19,23H,6-9,11,13-14H2,1H3,(H,24,26). The first-order valence-electron chi connectivity index (χ1n) is 11.1. The maximum Gasteiger partial charge on any atom is 0.148 e. The summed E-state index contributed by atoms with van der Waals surface area (Å²) in [6.07, 6.45) is 4.48. The lowest BCUT2D eigenvalue weighted by molar-refractivity contribution is 0.0540. The van der Waals surface area contributed by atoms with Crippen molar-refractivity contribution in [2.75, 3.05) is 38.2 Å². The first-order chi connectivity index (χ1) is 14.7. The van der Waals surface area contributed by atoms with Crippen molar-refractivity contribution < 1.29 is 4.74 Å². The molecule has 7 heteroatoms. The first-order valence-corrected chi connectivity index (χ1v) is 11.1. The molecule has 0 bridgehead atoms. The van der Waals surface area contributed by atoms with Crippen molar-refractivity contribution in [1.82, 2.24) is 24.9 Å². The summed E-state index contributed by atoms with van der Waals surface area (Å²) >= 11 is 0. The molecule has 1 N–H and O–H groups in total. The maximum absolute atomic E-state index is 5.49. The van der Waals surface area contributed by atoms with Crippen molar-refractivity contribution >= 4 is 16.7 Å². The molecule has 0 spiro atoms. The van der Waals surface area contributed by atoms with Gasteiger partial charge in [-0.1, -0.05) is 6.07 Å². The second-order valence-corrected chi connectivity index (χ2v) is 9.15. The van der Waals surface area contributed by atoms with Crippen LogP contribution >= 0.6 is 0 Å². The molecule has 1 saturated carbocycles. The number of benzene rings is 1. The predicted molar refractivity (Wildman–Crippen MR) is 116 cm³/mol. The molecule has 6 rings (SSSR count). The lowest BCUT2D eigenvalue weighted by atomic mass is 10.00. The normalized spacial score (nSPS) is 26.8.